The molecule has 1 aliphatic heterocycles. The first-order valence-electron chi connectivity index (χ1n) is 10.9. The first kappa shape index (κ1) is 23.5. The van der Waals surface area contributed by atoms with Crippen LogP contribution in [0.4, 0.5) is 13.2 Å². The second-order valence-corrected chi connectivity index (χ2v) is 8.49. The molecule has 1 saturated heterocycles. The van der Waals surface area contributed by atoms with Crippen molar-refractivity contribution in [2.75, 3.05) is 13.1 Å². The summed E-state index contributed by atoms with van der Waals surface area (Å²) in [5, 5.41) is 2.85. The number of nitrogens with zero attached hydrogens (tertiary/aromatic N) is 2. The highest BCUT2D eigenvalue weighted by Crippen LogP contribution is 2.37. The summed E-state index contributed by atoms with van der Waals surface area (Å²) in [6.45, 7) is 2.42. The number of pyridine rings is 1. The Morgan fingerprint density at radius 3 is 2.50 bits per heavy atom. The smallest absolute Gasteiger partial charge is 0.352 e. The summed E-state index contributed by atoms with van der Waals surface area (Å²) in [5.41, 5.74) is 1.90. The number of carbonyl (C=O) groups excluding carboxylic acids is 2. The average molecular weight is 467 g/mol. The maximum atomic E-state index is 13.3. The molecule has 0 spiro atoms. The van der Waals surface area contributed by atoms with Crippen LogP contribution in [0.15, 0.2) is 73.1 Å². The number of aromatic nitrogens is 1. The SMILES string of the molecule is Cc1ccc(C(=O)N2CC(C(=O)NCc3cccnc3)C(c3cccc(C(F)(F)F)c3)C2)cc1. The first-order chi connectivity index (χ1) is 16.2. The fraction of sp³-hybridized carbons (Fsp3) is 0.269. The highest BCUT2D eigenvalue weighted by Gasteiger charge is 2.41. The molecule has 2 aromatic carbocycles. The number of hydrogen-bond donors (Lipinski definition) is 1. The molecule has 0 aliphatic carbocycles. The van der Waals surface area contributed by atoms with Gasteiger partial charge in [0.15, 0.2) is 0 Å². The Hall–Kier alpha value is -3.68. The minimum atomic E-state index is -4.50. The van der Waals surface area contributed by atoms with Crippen molar-refractivity contribution in [1.29, 1.82) is 0 Å². The molecule has 2 atom stereocenters. The van der Waals surface area contributed by atoms with Crippen molar-refractivity contribution in [2.45, 2.75) is 25.6 Å². The molecule has 1 aliphatic rings. The van der Waals surface area contributed by atoms with E-state index in [0.29, 0.717) is 11.1 Å². The lowest BCUT2D eigenvalue weighted by atomic mass is 9.87. The topological polar surface area (TPSA) is 62.3 Å². The molecule has 4 rings (SSSR count). The van der Waals surface area contributed by atoms with E-state index in [1.165, 1.54) is 6.07 Å². The monoisotopic (exact) mass is 467 g/mol. The van der Waals surface area contributed by atoms with Gasteiger partial charge in [-0.25, -0.2) is 0 Å². The van der Waals surface area contributed by atoms with E-state index < -0.39 is 23.6 Å². The second-order valence-electron chi connectivity index (χ2n) is 8.49. The first-order valence-corrected chi connectivity index (χ1v) is 10.9. The van der Waals surface area contributed by atoms with E-state index in [2.05, 4.69) is 10.3 Å². The lowest BCUT2D eigenvalue weighted by Gasteiger charge is -2.19. The summed E-state index contributed by atoms with van der Waals surface area (Å²) < 4.78 is 40.0. The molecule has 1 N–H and O–H groups in total. The third-order valence-electron chi connectivity index (χ3n) is 6.07. The van der Waals surface area contributed by atoms with E-state index in [0.717, 1.165) is 23.3 Å². The Kier molecular flexibility index (Phi) is 6.68. The molecule has 5 nitrogen and oxygen atoms in total. The lowest BCUT2D eigenvalue weighted by Crippen LogP contribution is -2.35. The van der Waals surface area contributed by atoms with Crippen LogP contribution in [-0.4, -0.2) is 34.8 Å². The second kappa shape index (κ2) is 9.67. The standard InChI is InChI=1S/C26H24F3N3O2/c1-17-7-9-19(10-8-17)25(34)32-15-22(20-5-2-6-21(12-20)26(27,28)29)23(16-32)24(33)31-14-18-4-3-11-30-13-18/h2-13,22-23H,14-16H2,1H3,(H,31,33). The summed E-state index contributed by atoms with van der Waals surface area (Å²) in [4.78, 5) is 31.8. The Morgan fingerprint density at radius 2 is 1.82 bits per heavy atom. The maximum absolute atomic E-state index is 13.3. The van der Waals surface area contributed by atoms with E-state index >= 15 is 0 Å². The minimum absolute atomic E-state index is 0.118. The van der Waals surface area contributed by atoms with Gasteiger partial charge in [-0.15, -0.1) is 0 Å². The fourth-order valence-electron chi connectivity index (χ4n) is 4.22. The molecule has 34 heavy (non-hydrogen) atoms. The quantitative estimate of drug-likeness (QED) is 0.598. The molecular formula is C26H24F3N3O2. The summed E-state index contributed by atoms with van der Waals surface area (Å²) in [6.07, 6.45) is -1.24. The number of amides is 2. The van der Waals surface area contributed by atoms with Crippen LogP contribution < -0.4 is 5.32 Å². The molecule has 1 fully saturated rings. The summed E-state index contributed by atoms with van der Waals surface area (Å²) in [6, 6.07) is 15.7. The Bertz CT molecular complexity index is 1160. The number of nitrogens with one attached hydrogen (secondary N) is 1. The van der Waals surface area contributed by atoms with Gasteiger partial charge in [0, 0.05) is 43.5 Å². The number of carbonyl (C=O) groups is 2. The molecule has 2 heterocycles. The number of rotatable bonds is 5. The minimum Gasteiger partial charge on any atom is -0.352 e. The Balaban J connectivity index is 1.59. The molecule has 0 bridgehead atoms. The van der Waals surface area contributed by atoms with Crippen LogP contribution in [0.1, 0.15) is 38.5 Å². The molecular weight excluding hydrogens is 443 g/mol. The van der Waals surface area contributed by atoms with Crippen LogP contribution in [0, 0.1) is 12.8 Å². The molecule has 0 saturated carbocycles. The van der Waals surface area contributed by atoms with Gasteiger partial charge in [-0.1, -0.05) is 42.0 Å². The number of hydrogen-bond acceptors (Lipinski definition) is 3. The number of benzene rings is 2. The number of halogens is 3. The van der Waals surface area contributed by atoms with Crippen molar-refractivity contribution in [3.8, 4) is 0 Å². The van der Waals surface area contributed by atoms with E-state index in [-0.39, 0.29) is 31.4 Å². The Labute approximate surface area is 195 Å². The summed E-state index contributed by atoms with van der Waals surface area (Å²) in [7, 11) is 0. The van der Waals surface area contributed by atoms with Gasteiger partial charge < -0.3 is 10.2 Å². The highest BCUT2D eigenvalue weighted by atomic mass is 19.4. The van der Waals surface area contributed by atoms with Crippen molar-refractivity contribution in [2.24, 2.45) is 5.92 Å². The zero-order valence-electron chi connectivity index (χ0n) is 18.5. The van der Waals surface area contributed by atoms with E-state index in [9.17, 15) is 22.8 Å². The molecule has 2 amide bonds. The van der Waals surface area contributed by atoms with Crippen LogP contribution >= 0.6 is 0 Å². The molecule has 0 radical (unpaired) electrons. The molecule has 1 aromatic heterocycles. The number of aryl methyl sites for hydroxylation is 1. The van der Waals surface area contributed by atoms with Crippen molar-refractivity contribution in [3.05, 3.63) is 101 Å². The molecule has 3 aromatic rings. The molecule has 2 unspecified atom stereocenters. The van der Waals surface area contributed by atoms with Gasteiger partial charge in [0.2, 0.25) is 5.91 Å². The van der Waals surface area contributed by atoms with Crippen LogP contribution in [-0.2, 0) is 17.5 Å². The van der Waals surface area contributed by atoms with Crippen LogP contribution in [0.2, 0.25) is 0 Å². The van der Waals surface area contributed by atoms with Gasteiger partial charge in [0.05, 0.1) is 11.5 Å². The van der Waals surface area contributed by atoms with Gasteiger partial charge in [0.25, 0.3) is 5.91 Å². The zero-order valence-corrected chi connectivity index (χ0v) is 18.5. The maximum Gasteiger partial charge on any atom is 0.416 e. The third-order valence-corrected chi connectivity index (χ3v) is 6.07. The predicted molar refractivity (Wildman–Crippen MR) is 121 cm³/mol. The van der Waals surface area contributed by atoms with Crippen LogP contribution in [0.25, 0.3) is 0 Å². The van der Waals surface area contributed by atoms with Gasteiger partial charge in [-0.05, 0) is 42.3 Å². The van der Waals surface area contributed by atoms with Crippen molar-refractivity contribution >= 4 is 11.8 Å². The molecule has 8 heteroatoms. The number of likely N-dealkylation sites (tertiary alicyclic amines) is 1. The predicted octanol–water partition coefficient (Wildman–Crippen LogP) is 4.58. The highest BCUT2D eigenvalue weighted by molar-refractivity contribution is 5.95. The van der Waals surface area contributed by atoms with E-state index in [1.807, 2.05) is 25.1 Å². The average Bonchev–Trinajstić information content (AvgIpc) is 3.28. The van der Waals surface area contributed by atoms with Crippen LogP contribution in [0.5, 0.6) is 0 Å². The van der Waals surface area contributed by atoms with Crippen molar-refractivity contribution in [1.82, 2.24) is 15.2 Å². The third kappa shape index (κ3) is 5.27. The van der Waals surface area contributed by atoms with Gasteiger partial charge in [0.1, 0.15) is 0 Å². The fourth-order valence-corrected chi connectivity index (χ4v) is 4.22. The van der Waals surface area contributed by atoms with E-state index in [1.54, 1.807) is 41.6 Å². The van der Waals surface area contributed by atoms with Gasteiger partial charge >= 0.3 is 6.18 Å². The van der Waals surface area contributed by atoms with Gasteiger partial charge in [-0.3, -0.25) is 14.6 Å². The summed E-state index contributed by atoms with van der Waals surface area (Å²) >= 11 is 0. The molecule has 176 valence electrons. The van der Waals surface area contributed by atoms with Crippen molar-refractivity contribution in [3.63, 3.8) is 0 Å². The van der Waals surface area contributed by atoms with E-state index in [4.69, 9.17) is 0 Å². The largest absolute Gasteiger partial charge is 0.416 e. The van der Waals surface area contributed by atoms with Crippen LogP contribution in [0.3, 0.4) is 0 Å². The zero-order chi connectivity index (χ0) is 24.3. The van der Waals surface area contributed by atoms with Gasteiger partial charge in [-0.2, -0.15) is 13.2 Å². The van der Waals surface area contributed by atoms with Crippen molar-refractivity contribution < 1.29 is 22.8 Å². The Morgan fingerprint density at radius 1 is 1.06 bits per heavy atom. The summed E-state index contributed by atoms with van der Waals surface area (Å²) in [5.74, 6) is -1.81. The normalized spacial score (nSPS) is 18.1. The lowest BCUT2D eigenvalue weighted by molar-refractivity contribution is -0.137. The number of alkyl halides is 3.